The topological polar surface area (TPSA) is 114 Å². The van der Waals surface area contributed by atoms with Crippen LogP contribution in [0.25, 0.3) is 0 Å². The average molecular weight is 263 g/mol. The number of aromatic hydroxyl groups is 1. The van der Waals surface area contributed by atoms with E-state index < -0.39 is 6.03 Å². The molecule has 8 heteroatoms. The molecule has 0 aliphatic carbocycles. The van der Waals surface area contributed by atoms with E-state index in [-0.39, 0.29) is 27.4 Å². The van der Waals surface area contributed by atoms with Crippen LogP contribution in [0.5, 0.6) is 5.75 Å². The average Bonchev–Trinajstić information content (AvgIpc) is 2.17. The number of urea groups is 1. The number of benzene rings is 1. The minimum Gasteiger partial charge on any atom is -0.506 e. The number of nitrogens with one attached hydrogen (secondary N) is 1. The zero-order chi connectivity index (χ0) is 12.3. The fourth-order valence-electron chi connectivity index (χ4n) is 0.907. The lowest BCUT2D eigenvalue weighted by Crippen LogP contribution is -2.39. The summed E-state index contributed by atoms with van der Waals surface area (Å²) in [6, 6.07) is 1.83. The molecule has 86 valence electrons. The molecule has 1 aromatic rings. The molecular weight excluding hydrogens is 255 g/mol. The Labute approximate surface area is 101 Å². The number of halogens is 2. The minimum absolute atomic E-state index is 0.0505. The predicted molar refractivity (Wildman–Crippen MR) is 62.1 cm³/mol. The van der Waals surface area contributed by atoms with Crippen LogP contribution >= 0.6 is 23.2 Å². The molecule has 0 heterocycles. The van der Waals surface area contributed by atoms with Crippen molar-refractivity contribution < 1.29 is 9.90 Å². The molecule has 1 aromatic carbocycles. The molecule has 0 saturated heterocycles. The van der Waals surface area contributed by atoms with Crippen LogP contribution in [0.15, 0.2) is 17.1 Å². The third kappa shape index (κ3) is 2.91. The summed E-state index contributed by atoms with van der Waals surface area (Å²) < 4.78 is 0. The Bertz CT molecular complexity index is 462. The van der Waals surface area contributed by atoms with Gasteiger partial charge < -0.3 is 16.6 Å². The number of carbonyl (C=O) groups is 1. The highest BCUT2D eigenvalue weighted by atomic mass is 35.5. The third-order valence-corrected chi connectivity index (χ3v) is 2.21. The summed E-state index contributed by atoms with van der Waals surface area (Å²) in [4.78, 5) is 14.2. The van der Waals surface area contributed by atoms with E-state index in [1.165, 1.54) is 12.1 Å². The fraction of sp³-hybridized carbons (Fsp3) is 0. The van der Waals surface area contributed by atoms with Crippen LogP contribution < -0.4 is 16.8 Å². The van der Waals surface area contributed by atoms with Crippen molar-refractivity contribution in [2.24, 2.45) is 16.5 Å². The highest BCUT2D eigenvalue weighted by molar-refractivity contribution is 6.39. The number of carbonyl (C=O) groups excluding carboxylic acids is 1. The van der Waals surface area contributed by atoms with Crippen LogP contribution in [0.1, 0.15) is 0 Å². The molecule has 0 unspecified atom stereocenters. The fourth-order valence-corrected chi connectivity index (χ4v) is 1.36. The van der Waals surface area contributed by atoms with Crippen molar-refractivity contribution >= 4 is 40.9 Å². The van der Waals surface area contributed by atoms with Gasteiger partial charge >= 0.3 is 6.03 Å². The summed E-state index contributed by atoms with van der Waals surface area (Å²) in [6.07, 6.45) is 0. The van der Waals surface area contributed by atoms with E-state index in [0.717, 1.165) is 0 Å². The molecule has 0 atom stereocenters. The number of aliphatic imine (C=N–C) groups is 1. The van der Waals surface area contributed by atoms with E-state index in [0.29, 0.717) is 0 Å². The summed E-state index contributed by atoms with van der Waals surface area (Å²) in [5, 5.41) is 11.4. The Morgan fingerprint density at radius 2 is 2.00 bits per heavy atom. The SMILES string of the molecule is NC(=O)NC(N)=Nc1c(Cl)ccc(O)c1Cl. The van der Waals surface area contributed by atoms with Crippen molar-refractivity contribution in [2.45, 2.75) is 0 Å². The van der Waals surface area contributed by atoms with Gasteiger partial charge in [0, 0.05) is 0 Å². The van der Waals surface area contributed by atoms with E-state index in [9.17, 15) is 9.90 Å². The van der Waals surface area contributed by atoms with Gasteiger partial charge in [0.05, 0.1) is 5.02 Å². The molecular formula is C8H8Cl2N4O2. The summed E-state index contributed by atoms with van der Waals surface area (Å²) in [5.74, 6) is -0.474. The van der Waals surface area contributed by atoms with Crippen LogP contribution in [-0.2, 0) is 0 Å². The molecule has 0 saturated carbocycles. The Morgan fingerprint density at radius 3 is 2.56 bits per heavy atom. The van der Waals surface area contributed by atoms with Crippen LogP contribution in [0, 0.1) is 0 Å². The largest absolute Gasteiger partial charge is 0.506 e. The Morgan fingerprint density at radius 1 is 1.38 bits per heavy atom. The maximum Gasteiger partial charge on any atom is 0.318 e. The number of nitrogens with zero attached hydrogens (tertiary/aromatic N) is 1. The van der Waals surface area contributed by atoms with E-state index in [1.807, 2.05) is 5.32 Å². The van der Waals surface area contributed by atoms with Crippen LogP contribution in [0.4, 0.5) is 10.5 Å². The van der Waals surface area contributed by atoms with Gasteiger partial charge in [-0.2, -0.15) is 0 Å². The molecule has 0 aromatic heterocycles. The molecule has 0 bridgehead atoms. The van der Waals surface area contributed by atoms with E-state index in [4.69, 9.17) is 34.7 Å². The van der Waals surface area contributed by atoms with Gasteiger partial charge in [0.2, 0.25) is 5.96 Å². The molecule has 0 aliphatic rings. The van der Waals surface area contributed by atoms with E-state index in [2.05, 4.69) is 4.99 Å². The van der Waals surface area contributed by atoms with Gasteiger partial charge in [-0.25, -0.2) is 9.79 Å². The van der Waals surface area contributed by atoms with Gasteiger partial charge in [0.25, 0.3) is 0 Å². The second-order valence-electron chi connectivity index (χ2n) is 2.72. The normalized spacial score (nSPS) is 11.2. The van der Waals surface area contributed by atoms with Gasteiger partial charge in [-0.1, -0.05) is 23.2 Å². The predicted octanol–water partition coefficient (Wildman–Crippen LogP) is 1.31. The van der Waals surface area contributed by atoms with Crippen molar-refractivity contribution in [3.05, 3.63) is 22.2 Å². The standard InChI is InChI=1S/C8H8Cl2N4O2/c9-3-1-2-4(15)5(10)6(3)13-7(11)14-8(12)16/h1-2,15H,(H5,11,12,13,14,16). The Balaban J connectivity index is 3.14. The van der Waals surface area contributed by atoms with Crippen molar-refractivity contribution in [3.63, 3.8) is 0 Å². The molecule has 6 N–H and O–H groups in total. The first-order valence-electron chi connectivity index (χ1n) is 3.99. The highest BCUT2D eigenvalue weighted by Crippen LogP contribution is 2.38. The molecule has 16 heavy (non-hydrogen) atoms. The zero-order valence-electron chi connectivity index (χ0n) is 7.87. The monoisotopic (exact) mass is 262 g/mol. The zero-order valence-corrected chi connectivity index (χ0v) is 9.38. The third-order valence-electron chi connectivity index (χ3n) is 1.53. The quantitative estimate of drug-likeness (QED) is 0.452. The molecule has 0 spiro atoms. The van der Waals surface area contributed by atoms with Gasteiger partial charge in [-0.05, 0) is 12.1 Å². The number of phenolic OH excluding ortho intramolecular Hbond substituents is 1. The first kappa shape index (κ1) is 12.4. The highest BCUT2D eigenvalue weighted by Gasteiger charge is 2.10. The first-order valence-corrected chi connectivity index (χ1v) is 4.75. The molecule has 1 rings (SSSR count). The van der Waals surface area contributed by atoms with Crippen molar-refractivity contribution in [3.8, 4) is 5.75 Å². The van der Waals surface area contributed by atoms with E-state index in [1.54, 1.807) is 0 Å². The molecule has 2 amide bonds. The lowest BCUT2D eigenvalue weighted by atomic mass is 10.3. The van der Waals surface area contributed by atoms with Crippen molar-refractivity contribution in [2.75, 3.05) is 0 Å². The van der Waals surface area contributed by atoms with Gasteiger partial charge in [0.15, 0.2) is 0 Å². The number of phenols is 1. The molecule has 0 aliphatic heterocycles. The van der Waals surface area contributed by atoms with Crippen LogP contribution in [0.2, 0.25) is 10.0 Å². The number of rotatable bonds is 1. The second-order valence-corrected chi connectivity index (χ2v) is 3.50. The van der Waals surface area contributed by atoms with Crippen LogP contribution in [-0.4, -0.2) is 17.1 Å². The lowest BCUT2D eigenvalue weighted by Gasteiger charge is -2.05. The summed E-state index contributed by atoms with van der Waals surface area (Å²) in [5.41, 5.74) is 10.2. The summed E-state index contributed by atoms with van der Waals surface area (Å²) >= 11 is 11.5. The maximum atomic E-state index is 10.5. The smallest absolute Gasteiger partial charge is 0.318 e. The van der Waals surface area contributed by atoms with E-state index >= 15 is 0 Å². The number of hydrogen-bond acceptors (Lipinski definition) is 3. The van der Waals surface area contributed by atoms with Gasteiger partial charge in [-0.15, -0.1) is 0 Å². The number of amides is 2. The molecule has 0 radical (unpaired) electrons. The maximum absolute atomic E-state index is 10.5. The first-order chi connectivity index (χ1) is 7.41. The van der Waals surface area contributed by atoms with Gasteiger partial charge in [0.1, 0.15) is 16.5 Å². The lowest BCUT2D eigenvalue weighted by molar-refractivity contribution is 0.253. The second kappa shape index (κ2) is 4.91. The number of hydrogen-bond donors (Lipinski definition) is 4. The van der Waals surface area contributed by atoms with Gasteiger partial charge in [-0.3, -0.25) is 5.32 Å². The van der Waals surface area contributed by atoms with Crippen molar-refractivity contribution in [1.29, 1.82) is 0 Å². The molecule has 0 fully saturated rings. The van der Waals surface area contributed by atoms with Crippen molar-refractivity contribution in [1.82, 2.24) is 5.32 Å². The summed E-state index contributed by atoms with van der Waals surface area (Å²) in [6.45, 7) is 0. The minimum atomic E-state index is -0.867. The molecule has 6 nitrogen and oxygen atoms in total. The number of nitrogens with two attached hydrogens (primary N) is 2. The summed E-state index contributed by atoms with van der Waals surface area (Å²) in [7, 11) is 0. The van der Waals surface area contributed by atoms with Crippen LogP contribution in [0.3, 0.4) is 0 Å². The Kier molecular flexibility index (Phi) is 3.81. The number of primary amides is 1. The number of guanidine groups is 1. The Hall–Kier alpha value is -1.66.